The van der Waals surface area contributed by atoms with Gasteiger partial charge in [-0.2, -0.15) is 0 Å². The van der Waals surface area contributed by atoms with Gasteiger partial charge in [-0.25, -0.2) is 0 Å². The number of ether oxygens (including phenoxy) is 1. The van der Waals surface area contributed by atoms with Gasteiger partial charge < -0.3 is 20.3 Å². The average molecular weight is 905 g/mol. The third-order valence-electron chi connectivity index (χ3n) is 13.6. The Kier molecular flexibility index (Phi) is 53.0. The molecular formula is C58H113NO5. The largest absolute Gasteiger partial charge is 0.466 e. The first-order valence-corrected chi connectivity index (χ1v) is 29.0. The Morgan fingerprint density at radius 2 is 0.719 bits per heavy atom. The van der Waals surface area contributed by atoms with Gasteiger partial charge in [0.05, 0.1) is 25.4 Å². The number of carbonyl (C=O) groups is 2. The minimum absolute atomic E-state index is 0.0152. The van der Waals surface area contributed by atoms with Crippen molar-refractivity contribution in [2.24, 2.45) is 0 Å². The highest BCUT2D eigenvalue weighted by Gasteiger charge is 2.18. The number of esters is 1. The van der Waals surface area contributed by atoms with Crippen molar-refractivity contribution in [3.63, 3.8) is 0 Å². The van der Waals surface area contributed by atoms with Gasteiger partial charge in [0.25, 0.3) is 0 Å². The Balaban J connectivity index is 3.36. The second-order valence-corrected chi connectivity index (χ2v) is 20.0. The normalized spacial score (nSPS) is 12.6. The van der Waals surface area contributed by atoms with Crippen LogP contribution in [0.25, 0.3) is 0 Å². The molecule has 0 saturated carbocycles. The minimum Gasteiger partial charge on any atom is -0.466 e. The van der Waals surface area contributed by atoms with E-state index in [2.05, 4.69) is 19.2 Å². The van der Waals surface area contributed by atoms with E-state index in [0.717, 1.165) is 38.5 Å². The SMILES string of the molecule is CCCCCCCCCCC/C=C/C(O)C(CO)NC(=O)CCCCCCCCCCCCCCCCCCCCCCCCOC(=O)CCCCCCCCCCCCCCCC. The highest BCUT2D eigenvalue weighted by molar-refractivity contribution is 5.76. The lowest BCUT2D eigenvalue weighted by atomic mass is 10.0. The lowest BCUT2D eigenvalue weighted by molar-refractivity contribution is -0.143. The van der Waals surface area contributed by atoms with Crippen LogP contribution < -0.4 is 5.32 Å². The number of carbonyl (C=O) groups excluding carboxylic acids is 2. The van der Waals surface area contributed by atoms with Crippen molar-refractivity contribution in [2.45, 2.75) is 334 Å². The van der Waals surface area contributed by atoms with Crippen molar-refractivity contribution < 1.29 is 24.5 Å². The third kappa shape index (κ3) is 50.0. The number of aliphatic hydroxyl groups excluding tert-OH is 2. The maximum Gasteiger partial charge on any atom is 0.305 e. The van der Waals surface area contributed by atoms with E-state index in [1.807, 2.05) is 6.08 Å². The molecule has 0 spiro atoms. The zero-order valence-corrected chi connectivity index (χ0v) is 43.3. The van der Waals surface area contributed by atoms with Gasteiger partial charge in [-0.15, -0.1) is 0 Å². The number of unbranched alkanes of at least 4 members (excludes halogenated alkanes) is 43. The first-order valence-electron chi connectivity index (χ1n) is 29.0. The van der Waals surface area contributed by atoms with Crippen molar-refractivity contribution in [3.8, 4) is 0 Å². The molecule has 0 fully saturated rings. The quantitative estimate of drug-likeness (QED) is 0.0321. The maximum atomic E-state index is 12.4. The summed E-state index contributed by atoms with van der Waals surface area (Å²) in [5.74, 6) is -0.0530. The van der Waals surface area contributed by atoms with E-state index in [4.69, 9.17) is 4.74 Å². The van der Waals surface area contributed by atoms with Crippen LogP contribution in [0.3, 0.4) is 0 Å². The molecule has 0 aromatic carbocycles. The average Bonchev–Trinajstić information content (AvgIpc) is 3.29. The van der Waals surface area contributed by atoms with Crippen LogP contribution >= 0.6 is 0 Å². The van der Waals surface area contributed by atoms with Crippen molar-refractivity contribution in [2.75, 3.05) is 13.2 Å². The van der Waals surface area contributed by atoms with Crippen molar-refractivity contribution in [3.05, 3.63) is 12.2 Å². The van der Waals surface area contributed by atoms with Crippen LogP contribution in [0.1, 0.15) is 322 Å². The molecule has 380 valence electrons. The maximum absolute atomic E-state index is 12.4. The second kappa shape index (κ2) is 54.2. The fourth-order valence-electron chi connectivity index (χ4n) is 9.11. The molecule has 0 aliphatic rings. The van der Waals surface area contributed by atoms with Gasteiger partial charge in [-0.1, -0.05) is 289 Å². The van der Waals surface area contributed by atoms with E-state index in [9.17, 15) is 19.8 Å². The summed E-state index contributed by atoms with van der Waals surface area (Å²) in [5.41, 5.74) is 0. The molecule has 0 saturated heterocycles. The van der Waals surface area contributed by atoms with Crippen LogP contribution in [0, 0.1) is 0 Å². The smallest absolute Gasteiger partial charge is 0.305 e. The summed E-state index contributed by atoms with van der Waals surface area (Å²) in [4.78, 5) is 24.4. The highest BCUT2D eigenvalue weighted by Crippen LogP contribution is 2.17. The van der Waals surface area contributed by atoms with E-state index in [0.29, 0.717) is 19.4 Å². The van der Waals surface area contributed by atoms with Gasteiger partial charge in [0.2, 0.25) is 5.91 Å². The van der Waals surface area contributed by atoms with E-state index in [1.54, 1.807) is 6.08 Å². The van der Waals surface area contributed by atoms with Gasteiger partial charge >= 0.3 is 5.97 Å². The van der Waals surface area contributed by atoms with Crippen LogP contribution in [0.15, 0.2) is 12.2 Å². The molecule has 0 aliphatic carbocycles. The van der Waals surface area contributed by atoms with Crippen molar-refractivity contribution >= 4 is 11.9 Å². The minimum atomic E-state index is -0.842. The second-order valence-electron chi connectivity index (χ2n) is 20.0. The summed E-state index contributed by atoms with van der Waals surface area (Å²) in [6, 6.07) is -0.625. The molecule has 0 heterocycles. The lowest BCUT2D eigenvalue weighted by Gasteiger charge is -2.20. The summed E-state index contributed by atoms with van der Waals surface area (Å²) in [7, 11) is 0. The Hall–Kier alpha value is -1.40. The Bertz CT molecular complexity index is 955. The number of hydrogen-bond acceptors (Lipinski definition) is 5. The Labute approximate surface area is 399 Å². The zero-order chi connectivity index (χ0) is 46.5. The molecule has 0 aromatic heterocycles. The summed E-state index contributed by atoms with van der Waals surface area (Å²) in [6.45, 7) is 4.91. The fraction of sp³-hybridized carbons (Fsp3) is 0.931. The molecule has 6 heteroatoms. The number of nitrogens with one attached hydrogen (secondary N) is 1. The molecular weight excluding hydrogens is 791 g/mol. The number of rotatable bonds is 54. The molecule has 0 rings (SSSR count). The highest BCUT2D eigenvalue weighted by atomic mass is 16.5. The Morgan fingerprint density at radius 3 is 1.06 bits per heavy atom. The molecule has 2 atom stereocenters. The standard InChI is InChI=1S/C58H113NO5/c1-3-5-7-9-11-13-15-16-28-32-36-40-44-48-52-58(63)64-53-49-45-41-37-33-29-26-24-22-20-18-17-19-21-23-25-27-31-35-39-43-47-51-57(62)59-55(54-60)56(61)50-46-42-38-34-30-14-12-10-8-6-4-2/h46,50,55-56,60-61H,3-45,47-49,51-54H2,1-2H3,(H,59,62)/b50-46+. The first kappa shape index (κ1) is 62.6. The summed E-state index contributed by atoms with van der Waals surface area (Å²) in [5, 5.41) is 23.0. The van der Waals surface area contributed by atoms with E-state index in [1.165, 1.54) is 257 Å². The first-order chi connectivity index (χ1) is 31.5. The predicted molar refractivity (Wildman–Crippen MR) is 278 cm³/mol. The van der Waals surface area contributed by atoms with Gasteiger partial charge in [-0.3, -0.25) is 9.59 Å². The molecule has 3 N–H and O–H groups in total. The Morgan fingerprint density at radius 1 is 0.422 bits per heavy atom. The van der Waals surface area contributed by atoms with Crippen LogP contribution in [-0.4, -0.2) is 47.4 Å². The lowest BCUT2D eigenvalue weighted by Crippen LogP contribution is -2.45. The van der Waals surface area contributed by atoms with Crippen LogP contribution in [-0.2, 0) is 14.3 Å². The molecule has 0 aliphatic heterocycles. The van der Waals surface area contributed by atoms with Crippen LogP contribution in [0.5, 0.6) is 0 Å². The number of amides is 1. The zero-order valence-electron chi connectivity index (χ0n) is 43.3. The third-order valence-corrected chi connectivity index (χ3v) is 13.6. The number of aliphatic hydroxyl groups is 2. The van der Waals surface area contributed by atoms with Crippen LogP contribution in [0.2, 0.25) is 0 Å². The molecule has 0 radical (unpaired) electrons. The van der Waals surface area contributed by atoms with Crippen LogP contribution in [0.4, 0.5) is 0 Å². The van der Waals surface area contributed by atoms with Gasteiger partial charge in [0, 0.05) is 12.8 Å². The van der Waals surface area contributed by atoms with Crippen molar-refractivity contribution in [1.29, 1.82) is 0 Å². The van der Waals surface area contributed by atoms with Gasteiger partial charge in [-0.05, 0) is 32.1 Å². The molecule has 6 nitrogen and oxygen atoms in total. The van der Waals surface area contributed by atoms with Gasteiger partial charge in [0.1, 0.15) is 0 Å². The summed E-state index contributed by atoms with van der Waals surface area (Å²) < 4.78 is 5.48. The summed E-state index contributed by atoms with van der Waals surface area (Å²) >= 11 is 0. The number of hydrogen-bond donors (Lipinski definition) is 3. The molecule has 0 bridgehead atoms. The topological polar surface area (TPSA) is 95.9 Å². The van der Waals surface area contributed by atoms with Gasteiger partial charge in [0.15, 0.2) is 0 Å². The van der Waals surface area contributed by atoms with E-state index >= 15 is 0 Å². The predicted octanol–water partition coefficient (Wildman–Crippen LogP) is 17.7. The summed E-state index contributed by atoms with van der Waals surface area (Å²) in [6.07, 6.45) is 63.8. The number of allylic oxidation sites excluding steroid dienone is 1. The molecule has 64 heavy (non-hydrogen) atoms. The molecule has 1 amide bonds. The monoisotopic (exact) mass is 904 g/mol. The molecule has 2 unspecified atom stereocenters. The van der Waals surface area contributed by atoms with E-state index in [-0.39, 0.29) is 18.5 Å². The van der Waals surface area contributed by atoms with Crippen molar-refractivity contribution in [1.82, 2.24) is 5.32 Å². The van der Waals surface area contributed by atoms with E-state index < -0.39 is 12.1 Å². The fourth-order valence-corrected chi connectivity index (χ4v) is 9.11. The molecule has 0 aromatic rings.